The molecule has 0 unspecified atom stereocenters. The van der Waals surface area contributed by atoms with Crippen LogP contribution in [0.1, 0.15) is 37.4 Å². The maximum absolute atomic E-state index is 13.2. The van der Waals surface area contributed by atoms with Crippen molar-refractivity contribution in [3.8, 4) is 17.2 Å². The van der Waals surface area contributed by atoms with E-state index in [1.54, 1.807) is 30.3 Å². The van der Waals surface area contributed by atoms with Crippen molar-refractivity contribution >= 4 is 17.4 Å². The van der Waals surface area contributed by atoms with Crippen LogP contribution < -0.4 is 9.47 Å². The minimum atomic E-state index is -0.820. The Morgan fingerprint density at radius 1 is 1.12 bits per heavy atom. The molecule has 8 nitrogen and oxygen atoms in total. The molecule has 0 radical (unpaired) electrons. The molecule has 2 aromatic rings. The standard InChI is InChI=1S/C26H32N2O6/c1-16(2)34-19-9-6-8-17(14-19)23-22(24(30)20-11-10-18(33-5)15-21(20)29)25(31)26(32)28(23)13-7-12-27(3)4/h6,8-11,14-16,23,29-30H,7,12-13H2,1-5H3/t23-/m1/s1. The van der Waals surface area contributed by atoms with Gasteiger partial charge in [-0.15, -0.1) is 0 Å². The van der Waals surface area contributed by atoms with Gasteiger partial charge in [-0.2, -0.15) is 0 Å². The van der Waals surface area contributed by atoms with E-state index >= 15 is 0 Å². The first kappa shape index (κ1) is 25.1. The van der Waals surface area contributed by atoms with Gasteiger partial charge in [-0.05, 0) is 70.7 Å². The van der Waals surface area contributed by atoms with Gasteiger partial charge in [0.15, 0.2) is 0 Å². The van der Waals surface area contributed by atoms with Crippen LogP contribution >= 0.6 is 0 Å². The number of carbonyl (C=O) groups is 2. The van der Waals surface area contributed by atoms with Crippen LogP contribution in [0.2, 0.25) is 0 Å². The van der Waals surface area contributed by atoms with Gasteiger partial charge >= 0.3 is 0 Å². The Morgan fingerprint density at radius 2 is 1.85 bits per heavy atom. The summed E-state index contributed by atoms with van der Waals surface area (Å²) in [5.41, 5.74) is 0.612. The molecular weight excluding hydrogens is 436 g/mol. The Labute approximate surface area is 200 Å². The Hall–Kier alpha value is -3.52. The number of ether oxygens (including phenoxy) is 2. The van der Waals surface area contributed by atoms with Crippen LogP contribution in [-0.2, 0) is 9.59 Å². The zero-order valence-corrected chi connectivity index (χ0v) is 20.2. The fourth-order valence-electron chi connectivity index (χ4n) is 4.03. The molecule has 8 heteroatoms. The Kier molecular flexibility index (Phi) is 7.83. The van der Waals surface area contributed by atoms with Gasteiger partial charge in [0.1, 0.15) is 23.0 Å². The van der Waals surface area contributed by atoms with Crippen molar-refractivity contribution in [1.82, 2.24) is 9.80 Å². The Morgan fingerprint density at radius 3 is 2.47 bits per heavy atom. The van der Waals surface area contributed by atoms with Crippen LogP contribution in [0.5, 0.6) is 17.2 Å². The molecule has 1 saturated heterocycles. The van der Waals surface area contributed by atoms with Crippen molar-refractivity contribution in [3.63, 3.8) is 0 Å². The third-order valence-corrected chi connectivity index (χ3v) is 5.55. The van der Waals surface area contributed by atoms with E-state index in [0.717, 1.165) is 6.54 Å². The quantitative estimate of drug-likeness (QED) is 0.330. The van der Waals surface area contributed by atoms with Crippen LogP contribution in [0.4, 0.5) is 0 Å². The zero-order chi connectivity index (χ0) is 25.0. The lowest BCUT2D eigenvalue weighted by Gasteiger charge is -2.26. The van der Waals surface area contributed by atoms with Crippen molar-refractivity contribution in [1.29, 1.82) is 0 Å². The second-order valence-electron chi connectivity index (χ2n) is 8.77. The summed E-state index contributed by atoms with van der Waals surface area (Å²) in [6, 6.07) is 10.7. The minimum absolute atomic E-state index is 0.0478. The molecule has 0 bridgehead atoms. The van der Waals surface area contributed by atoms with Crippen molar-refractivity contribution in [2.24, 2.45) is 0 Å². The average molecular weight is 469 g/mol. The summed E-state index contributed by atoms with van der Waals surface area (Å²) in [7, 11) is 5.33. The molecule has 1 aliphatic heterocycles. The number of Topliss-reactive ketones (excluding diaryl/α,β-unsaturated/α-hetero) is 1. The molecule has 0 spiro atoms. The number of aromatic hydroxyl groups is 1. The van der Waals surface area contributed by atoms with Gasteiger partial charge in [0.25, 0.3) is 11.7 Å². The average Bonchev–Trinajstić information content (AvgIpc) is 3.03. The number of hydrogen-bond acceptors (Lipinski definition) is 7. The molecule has 0 aliphatic carbocycles. The van der Waals surface area contributed by atoms with E-state index in [-0.39, 0.29) is 23.0 Å². The van der Waals surface area contributed by atoms with E-state index < -0.39 is 23.5 Å². The summed E-state index contributed by atoms with van der Waals surface area (Å²) in [6.45, 7) is 4.87. The third kappa shape index (κ3) is 5.34. The van der Waals surface area contributed by atoms with Gasteiger partial charge < -0.3 is 29.5 Å². The van der Waals surface area contributed by atoms with Crippen LogP contribution in [0, 0.1) is 0 Å². The van der Waals surface area contributed by atoms with Crippen molar-refractivity contribution in [2.75, 3.05) is 34.3 Å². The number of hydrogen-bond donors (Lipinski definition) is 2. The van der Waals surface area contributed by atoms with Crippen LogP contribution in [0.3, 0.4) is 0 Å². The molecule has 182 valence electrons. The highest BCUT2D eigenvalue weighted by molar-refractivity contribution is 6.46. The lowest BCUT2D eigenvalue weighted by atomic mass is 9.94. The molecular formula is C26H32N2O6. The topological polar surface area (TPSA) is 99.5 Å². The maximum Gasteiger partial charge on any atom is 0.295 e. The van der Waals surface area contributed by atoms with Crippen molar-refractivity contribution in [2.45, 2.75) is 32.4 Å². The van der Waals surface area contributed by atoms with Crippen molar-refractivity contribution in [3.05, 3.63) is 59.2 Å². The van der Waals surface area contributed by atoms with E-state index in [4.69, 9.17) is 9.47 Å². The Bertz CT molecular complexity index is 1090. The van der Waals surface area contributed by atoms with E-state index in [2.05, 4.69) is 0 Å². The van der Waals surface area contributed by atoms with Crippen LogP contribution in [-0.4, -0.2) is 72.1 Å². The fraction of sp³-hybridized carbons (Fsp3) is 0.385. The summed E-state index contributed by atoms with van der Waals surface area (Å²) >= 11 is 0. The number of aliphatic hydroxyl groups excluding tert-OH is 1. The van der Waals surface area contributed by atoms with Crippen LogP contribution in [0.15, 0.2) is 48.0 Å². The predicted molar refractivity (Wildman–Crippen MR) is 129 cm³/mol. The molecule has 1 amide bonds. The SMILES string of the molecule is COc1ccc(C(O)=C2C(=O)C(=O)N(CCCN(C)C)[C@@H]2c2cccc(OC(C)C)c2)c(O)c1. The number of ketones is 1. The Balaban J connectivity index is 2.13. The normalized spacial score (nSPS) is 17.6. The molecule has 2 N–H and O–H groups in total. The number of aliphatic hydroxyl groups is 1. The second kappa shape index (κ2) is 10.6. The number of phenols is 1. The number of benzene rings is 2. The largest absolute Gasteiger partial charge is 0.507 e. The fourth-order valence-corrected chi connectivity index (χ4v) is 4.03. The number of phenolic OH excluding ortho intramolecular Hbond substituents is 1. The summed E-state index contributed by atoms with van der Waals surface area (Å²) < 4.78 is 10.9. The number of rotatable bonds is 9. The molecule has 1 fully saturated rings. The minimum Gasteiger partial charge on any atom is -0.507 e. The lowest BCUT2D eigenvalue weighted by Crippen LogP contribution is -2.32. The second-order valence-corrected chi connectivity index (χ2v) is 8.77. The maximum atomic E-state index is 13.2. The molecule has 1 aliphatic rings. The summed E-state index contributed by atoms with van der Waals surface area (Å²) in [5, 5.41) is 21.6. The molecule has 34 heavy (non-hydrogen) atoms. The monoisotopic (exact) mass is 468 g/mol. The molecule has 2 aromatic carbocycles. The smallest absolute Gasteiger partial charge is 0.295 e. The number of carbonyl (C=O) groups excluding carboxylic acids is 2. The molecule has 3 rings (SSSR count). The first-order chi connectivity index (χ1) is 16.1. The van der Waals surface area contributed by atoms with E-state index in [0.29, 0.717) is 30.0 Å². The number of nitrogens with zero attached hydrogens (tertiary/aromatic N) is 2. The van der Waals surface area contributed by atoms with Gasteiger partial charge in [-0.3, -0.25) is 9.59 Å². The van der Waals surface area contributed by atoms with Crippen molar-refractivity contribution < 1.29 is 29.3 Å². The summed E-state index contributed by atoms with van der Waals surface area (Å²) in [4.78, 5) is 29.7. The molecule has 1 atom stereocenters. The highest BCUT2D eigenvalue weighted by atomic mass is 16.5. The first-order valence-electron chi connectivity index (χ1n) is 11.2. The lowest BCUT2D eigenvalue weighted by molar-refractivity contribution is -0.139. The zero-order valence-electron chi connectivity index (χ0n) is 20.2. The summed E-state index contributed by atoms with van der Waals surface area (Å²) in [5.74, 6) is -1.18. The van der Waals surface area contributed by atoms with E-state index in [1.807, 2.05) is 32.8 Å². The highest BCUT2D eigenvalue weighted by Gasteiger charge is 2.46. The van der Waals surface area contributed by atoms with Gasteiger partial charge in [-0.1, -0.05) is 12.1 Å². The van der Waals surface area contributed by atoms with Crippen LogP contribution in [0.25, 0.3) is 5.76 Å². The van der Waals surface area contributed by atoms with Gasteiger partial charge in [0, 0.05) is 12.6 Å². The van der Waals surface area contributed by atoms with Gasteiger partial charge in [0.05, 0.1) is 30.4 Å². The summed E-state index contributed by atoms with van der Waals surface area (Å²) in [6.07, 6.45) is 0.588. The predicted octanol–water partition coefficient (Wildman–Crippen LogP) is 3.56. The molecule has 0 aromatic heterocycles. The first-order valence-corrected chi connectivity index (χ1v) is 11.2. The van der Waals surface area contributed by atoms with E-state index in [1.165, 1.54) is 24.1 Å². The molecule has 1 heterocycles. The number of methoxy groups -OCH3 is 1. The van der Waals surface area contributed by atoms with E-state index in [9.17, 15) is 19.8 Å². The number of amides is 1. The third-order valence-electron chi connectivity index (χ3n) is 5.55. The van der Waals surface area contributed by atoms with Gasteiger partial charge in [0.2, 0.25) is 0 Å². The molecule has 0 saturated carbocycles. The highest BCUT2D eigenvalue weighted by Crippen LogP contribution is 2.42. The van der Waals surface area contributed by atoms with Gasteiger partial charge in [-0.25, -0.2) is 0 Å². The number of likely N-dealkylation sites (tertiary alicyclic amines) is 1.